The molecule has 2 aromatic rings. The summed E-state index contributed by atoms with van der Waals surface area (Å²) in [6, 6.07) is 4.62. The molecule has 0 radical (unpaired) electrons. The number of ether oxygens (including phenoxy) is 2. The van der Waals surface area contributed by atoms with E-state index in [4.69, 9.17) is 9.47 Å². The van der Waals surface area contributed by atoms with Gasteiger partial charge < -0.3 is 9.47 Å². The molecule has 31 heavy (non-hydrogen) atoms. The lowest BCUT2D eigenvalue weighted by Gasteiger charge is -2.21. The van der Waals surface area contributed by atoms with E-state index in [0.717, 1.165) is 30.3 Å². The molecule has 0 saturated carbocycles. The lowest BCUT2D eigenvalue weighted by atomic mass is 9.92. The topological polar surface area (TPSA) is 57.8 Å². The van der Waals surface area contributed by atoms with Gasteiger partial charge in [0.25, 0.3) is 5.91 Å². The minimum Gasteiger partial charge on any atom is -0.496 e. The maximum absolute atomic E-state index is 13.2. The number of methoxy groups -OCH3 is 1. The van der Waals surface area contributed by atoms with Crippen LogP contribution in [-0.4, -0.2) is 35.6 Å². The van der Waals surface area contributed by atoms with Gasteiger partial charge in [0.2, 0.25) is 0 Å². The van der Waals surface area contributed by atoms with E-state index in [1.165, 1.54) is 7.11 Å². The highest BCUT2D eigenvalue weighted by Gasteiger charge is 2.32. The molecule has 2 heterocycles. The van der Waals surface area contributed by atoms with Gasteiger partial charge in [-0.3, -0.25) is 14.2 Å². The van der Waals surface area contributed by atoms with Crippen LogP contribution in [0.4, 0.5) is 13.2 Å². The van der Waals surface area contributed by atoms with Crippen molar-refractivity contribution >= 4 is 5.91 Å². The number of carbonyl (C=O) groups is 1. The zero-order valence-electron chi connectivity index (χ0n) is 18.4. The molecule has 0 aliphatic carbocycles. The number of halogens is 3. The van der Waals surface area contributed by atoms with Crippen LogP contribution in [0.15, 0.2) is 29.3 Å². The maximum Gasteiger partial charge on any atom is 0.416 e. The molecule has 1 aromatic heterocycles. The average molecular weight is 439 g/mol. The summed E-state index contributed by atoms with van der Waals surface area (Å²) in [4.78, 5) is 17.2. The Morgan fingerprint density at radius 1 is 1.26 bits per heavy atom. The van der Waals surface area contributed by atoms with E-state index in [0.29, 0.717) is 25.2 Å². The number of aromatic nitrogens is 2. The zero-order chi connectivity index (χ0) is 23.0. The zero-order valence-corrected chi connectivity index (χ0v) is 18.4. The number of nitrogens with zero attached hydrogens (tertiary/aromatic N) is 3. The molecule has 0 spiro atoms. The second-order valence-corrected chi connectivity index (χ2v) is 8.80. The Bertz CT molecular complexity index is 1020. The number of alkyl halides is 3. The van der Waals surface area contributed by atoms with Crippen LogP contribution in [0, 0.1) is 5.92 Å². The van der Waals surface area contributed by atoms with Crippen LogP contribution in [0.1, 0.15) is 48.8 Å². The maximum atomic E-state index is 13.2. The van der Waals surface area contributed by atoms with Crippen LogP contribution in [0.2, 0.25) is 0 Å². The summed E-state index contributed by atoms with van der Waals surface area (Å²) in [5.41, 5.74) is -0.0221. The highest BCUT2D eigenvalue weighted by atomic mass is 19.4. The van der Waals surface area contributed by atoms with E-state index < -0.39 is 17.6 Å². The van der Waals surface area contributed by atoms with Crippen LogP contribution < -0.4 is 10.2 Å². The van der Waals surface area contributed by atoms with Gasteiger partial charge in [-0.15, -0.1) is 0 Å². The van der Waals surface area contributed by atoms with Crippen molar-refractivity contribution in [2.24, 2.45) is 18.0 Å². The minimum atomic E-state index is -4.57. The Morgan fingerprint density at radius 2 is 1.97 bits per heavy atom. The predicted octanol–water partition coefficient (Wildman–Crippen LogP) is 3.93. The van der Waals surface area contributed by atoms with E-state index in [2.05, 4.69) is 4.99 Å². The van der Waals surface area contributed by atoms with Crippen molar-refractivity contribution in [3.8, 4) is 5.75 Å². The third kappa shape index (κ3) is 5.03. The quantitative estimate of drug-likeness (QED) is 0.726. The van der Waals surface area contributed by atoms with Gasteiger partial charge in [0.05, 0.1) is 24.8 Å². The van der Waals surface area contributed by atoms with Crippen molar-refractivity contribution in [1.82, 2.24) is 9.36 Å². The molecule has 9 heteroatoms. The molecule has 1 aliphatic rings. The van der Waals surface area contributed by atoms with Crippen molar-refractivity contribution in [2.45, 2.75) is 45.3 Å². The first-order valence-electron chi connectivity index (χ1n) is 10.1. The average Bonchev–Trinajstić information content (AvgIpc) is 3.30. The van der Waals surface area contributed by atoms with Gasteiger partial charge in [-0.1, -0.05) is 20.8 Å². The van der Waals surface area contributed by atoms with Gasteiger partial charge in [-0.2, -0.15) is 18.2 Å². The Morgan fingerprint density at radius 3 is 2.52 bits per heavy atom. The third-order valence-corrected chi connectivity index (χ3v) is 5.44. The van der Waals surface area contributed by atoms with Crippen molar-refractivity contribution in [1.29, 1.82) is 0 Å². The molecule has 0 N–H and O–H groups in total. The number of rotatable bonds is 4. The van der Waals surface area contributed by atoms with Gasteiger partial charge in [0.1, 0.15) is 5.75 Å². The molecule has 6 nitrogen and oxygen atoms in total. The second kappa shape index (κ2) is 8.53. The Balaban J connectivity index is 2.11. The van der Waals surface area contributed by atoms with E-state index in [9.17, 15) is 18.0 Å². The highest BCUT2D eigenvalue weighted by Crippen LogP contribution is 2.33. The van der Waals surface area contributed by atoms with E-state index in [1.54, 1.807) is 0 Å². The molecule has 1 saturated heterocycles. The number of hydrogen-bond donors (Lipinski definition) is 0. The van der Waals surface area contributed by atoms with Crippen LogP contribution >= 0.6 is 0 Å². The first-order chi connectivity index (χ1) is 14.4. The van der Waals surface area contributed by atoms with Gasteiger partial charge in [-0.05, 0) is 24.6 Å². The van der Waals surface area contributed by atoms with Crippen molar-refractivity contribution < 1.29 is 27.4 Å². The largest absolute Gasteiger partial charge is 0.496 e. The number of carbonyl (C=O) groups excluding carboxylic acids is 1. The summed E-state index contributed by atoms with van der Waals surface area (Å²) < 4.78 is 53.9. The molecule has 1 atom stereocenters. The van der Waals surface area contributed by atoms with E-state index in [-0.39, 0.29) is 22.6 Å². The van der Waals surface area contributed by atoms with Crippen molar-refractivity contribution in [3.05, 3.63) is 46.6 Å². The second-order valence-electron chi connectivity index (χ2n) is 8.80. The fourth-order valence-electron chi connectivity index (χ4n) is 3.77. The standard InChI is InChI=1S/C22H28F3N3O3/c1-21(2,3)18-11-19(28(27(18)4)12-14-8-9-31-13-14)26-20(29)16-10-15(22(23,24)25)6-7-17(16)30-5/h6-7,10-11,14H,8-9,12-13H2,1-5H3. The summed E-state index contributed by atoms with van der Waals surface area (Å²) in [5.74, 6) is -0.464. The fraction of sp³-hybridized carbons (Fsp3) is 0.545. The molecule has 170 valence electrons. The summed E-state index contributed by atoms with van der Waals surface area (Å²) in [7, 11) is 3.20. The minimum absolute atomic E-state index is 0.0458. The van der Waals surface area contributed by atoms with Gasteiger partial charge in [0.15, 0.2) is 5.49 Å². The fourth-order valence-corrected chi connectivity index (χ4v) is 3.77. The smallest absolute Gasteiger partial charge is 0.416 e. The normalized spacial score (nSPS) is 17.9. The Hall–Kier alpha value is -2.55. The summed E-state index contributed by atoms with van der Waals surface area (Å²) in [6.07, 6.45) is -3.67. The molecular weight excluding hydrogens is 411 g/mol. The van der Waals surface area contributed by atoms with Crippen LogP contribution in [-0.2, 0) is 29.9 Å². The Labute approximate surface area is 179 Å². The summed E-state index contributed by atoms with van der Waals surface area (Å²) in [6.45, 7) is 8.05. The number of hydrogen-bond acceptors (Lipinski definition) is 3. The molecule has 1 aromatic carbocycles. The summed E-state index contributed by atoms with van der Waals surface area (Å²) in [5, 5.41) is 0. The number of benzene rings is 1. The van der Waals surface area contributed by atoms with Crippen molar-refractivity contribution in [3.63, 3.8) is 0 Å². The molecule has 0 bridgehead atoms. The molecular formula is C22H28F3N3O3. The molecule has 1 unspecified atom stereocenters. The molecule has 1 fully saturated rings. The van der Waals surface area contributed by atoms with Crippen LogP contribution in [0.3, 0.4) is 0 Å². The van der Waals surface area contributed by atoms with Gasteiger partial charge >= 0.3 is 6.18 Å². The first kappa shape index (κ1) is 23.1. The number of amides is 1. The van der Waals surface area contributed by atoms with E-state index >= 15 is 0 Å². The molecule has 1 amide bonds. The molecule has 1 aliphatic heterocycles. The van der Waals surface area contributed by atoms with E-state index in [1.807, 2.05) is 43.2 Å². The lowest BCUT2D eigenvalue weighted by Crippen LogP contribution is -2.28. The monoisotopic (exact) mass is 439 g/mol. The van der Waals surface area contributed by atoms with Gasteiger partial charge in [-0.25, -0.2) is 0 Å². The SMILES string of the molecule is COc1ccc(C(F)(F)F)cc1C(=O)N=c1cc(C(C)(C)C)n(C)n1CC1CCOC1. The third-order valence-electron chi connectivity index (χ3n) is 5.44. The van der Waals surface area contributed by atoms with Crippen LogP contribution in [0.25, 0.3) is 0 Å². The highest BCUT2D eigenvalue weighted by molar-refractivity contribution is 5.97. The van der Waals surface area contributed by atoms with Gasteiger partial charge in [0, 0.05) is 43.3 Å². The van der Waals surface area contributed by atoms with Crippen molar-refractivity contribution in [2.75, 3.05) is 20.3 Å². The lowest BCUT2D eigenvalue weighted by molar-refractivity contribution is -0.137. The summed E-state index contributed by atoms with van der Waals surface area (Å²) >= 11 is 0. The first-order valence-corrected chi connectivity index (χ1v) is 10.1. The van der Waals surface area contributed by atoms with Crippen LogP contribution in [0.5, 0.6) is 5.75 Å². The Kier molecular flexibility index (Phi) is 6.36. The molecule has 3 rings (SSSR count). The predicted molar refractivity (Wildman–Crippen MR) is 109 cm³/mol.